The SMILES string of the molecule is CONc1ncc(Br)cc1N(C)C(C)c1ccccc1. The van der Waals surface area contributed by atoms with Gasteiger partial charge in [0.15, 0.2) is 5.82 Å². The summed E-state index contributed by atoms with van der Waals surface area (Å²) < 4.78 is 0.932. The van der Waals surface area contributed by atoms with E-state index in [1.54, 1.807) is 13.3 Å². The second kappa shape index (κ2) is 6.72. The molecule has 0 aliphatic carbocycles. The molecular weight excluding hydrogens is 318 g/mol. The van der Waals surface area contributed by atoms with Crippen molar-refractivity contribution in [1.82, 2.24) is 4.98 Å². The minimum atomic E-state index is 0.227. The zero-order chi connectivity index (χ0) is 14.5. The number of benzene rings is 1. The Morgan fingerprint density at radius 1 is 1.30 bits per heavy atom. The lowest BCUT2D eigenvalue weighted by molar-refractivity contribution is 0.269. The van der Waals surface area contributed by atoms with Crippen molar-refractivity contribution in [2.75, 3.05) is 24.5 Å². The number of pyridine rings is 1. The van der Waals surface area contributed by atoms with Gasteiger partial charge in [-0.25, -0.2) is 10.5 Å². The summed E-state index contributed by atoms with van der Waals surface area (Å²) in [5.41, 5.74) is 5.04. The lowest BCUT2D eigenvalue weighted by Crippen LogP contribution is -2.23. The van der Waals surface area contributed by atoms with Gasteiger partial charge >= 0.3 is 0 Å². The van der Waals surface area contributed by atoms with Crippen LogP contribution in [0.3, 0.4) is 0 Å². The van der Waals surface area contributed by atoms with E-state index in [9.17, 15) is 0 Å². The molecule has 4 nitrogen and oxygen atoms in total. The van der Waals surface area contributed by atoms with Gasteiger partial charge < -0.3 is 4.90 Å². The zero-order valence-corrected chi connectivity index (χ0v) is 13.4. The van der Waals surface area contributed by atoms with Crippen molar-refractivity contribution in [2.24, 2.45) is 0 Å². The molecule has 0 aliphatic heterocycles. The van der Waals surface area contributed by atoms with E-state index in [2.05, 4.69) is 50.4 Å². The predicted octanol–water partition coefficient (Wildman–Crippen LogP) is 4.01. The number of halogens is 1. The second-order valence-electron chi connectivity index (χ2n) is 4.53. The molecule has 0 bridgehead atoms. The van der Waals surface area contributed by atoms with Gasteiger partial charge in [0.2, 0.25) is 0 Å². The minimum absolute atomic E-state index is 0.227. The van der Waals surface area contributed by atoms with E-state index in [-0.39, 0.29) is 6.04 Å². The zero-order valence-electron chi connectivity index (χ0n) is 11.8. The molecule has 0 amide bonds. The van der Waals surface area contributed by atoms with E-state index in [1.165, 1.54) is 5.56 Å². The van der Waals surface area contributed by atoms with Crippen LogP contribution in [0.1, 0.15) is 18.5 Å². The minimum Gasteiger partial charge on any atom is -0.365 e. The quantitative estimate of drug-likeness (QED) is 0.837. The Hall–Kier alpha value is -1.59. The largest absolute Gasteiger partial charge is 0.365 e. The van der Waals surface area contributed by atoms with Crippen molar-refractivity contribution in [3.8, 4) is 0 Å². The predicted molar refractivity (Wildman–Crippen MR) is 85.8 cm³/mol. The van der Waals surface area contributed by atoms with Crippen molar-refractivity contribution in [1.29, 1.82) is 0 Å². The van der Waals surface area contributed by atoms with Crippen LogP contribution >= 0.6 is 15.9 Å². The van der Waals surface area contributed by atoms with Crippen molar-refractivity contribution >= 4 is 27.4 Å². The van der Waals surface area contributed by atoms with Crippen LogP contribution in [-0.2, 0) is 4.84 Å². The highest BCUT2D eigenvalue weighted by Crippen LogP contribution is 2.32. The molecule has 0 saturated carbocycles. The standard InChI is InChI=1S/C15H18BrN3O/c1-11(12-7-5-4-6-8-12)19(2)14-9-13(16)10-17-15(14)18-20-3/h4-11H,1-3H3,(H,17,18). The fraction of sp³-hybridized carbons (Fsp3) is 0.267. The van der Waals surface area contributed by atoms with Crippen LogP contribution in [0.25, 0.3) is 0 Å². The molecule has 0 spiro atoms. The van der Waals surface area contributed by atoms with Crippen molar-refractivity contribution in [2.45, 2.75) is 13.0 Å². The van der Waals surface area contributed by atoms with Crippen LogP contribution < -0.4 is 10.4 Å². The highest BCUT2D eigenvalue weighted by atomic mass is 79.9. The summed E-state index contributed by atoms with van der Waals surface area (Å²) in [4.78, 5) is 11.5. The van der Waals surface area contributed by atoms with E-state index < -0.39 is 0 Å². The average Bonchev–Trinajstić information content (AvgIpc) is 2.48. The summed E-state index contributed by atoms with van der Waals surface area (Å²) in [5, 5.41) is 0. The number of anilines is 2. The molecule has 1 unspecified atom stereocenters. The van der Waals surface area contributed by atoms with Gasteiger partial charge in [0.1, 0.15) is 0 Å². The maximum Gasteiger partial charge on any atom is 0.173 e. The molecule has 2 rings (SSSR count). The van der Waals surface area contributed by atoms with Gasteiger partial charge in [0.05, 0.1) is 18.8 Å². The molecule has 1 aromatic heterocycles. The van der Waals surface area contributed by atoms with Crippen molar-refractivity contribution < 1.29 is 4.84 Å². The third-order valence-electron chi connectivity index (χ3n) is 3.28. The van der Waals surface area contributed by atoms with Gasteiger partial charge in [-0.05, 0) is 34.5 Å². The first-order valence-electron chi connectivity index (χ1n) is 6.35. The van der Waals surface area contributed by atoms with E-state index in [1.807, 2.05) is 31.3 Å². The molecule has 20 heavy (non-hydrogen) atoms. The molecule has 2 aromatic rings. The monoisotopic (exact) mass is 335 g/mol. The smallest absolute Gasteiger partial charge is 0.173 e. The Morgan fingerprint density at radius 3 is 2.65 bits per heavy atom. The summed E-state index contributed by atoms with van der Waals surface area (Å²) >= 11 is 3.46. The van der Waals surface area contributed by atoms with Gasteiger partial charge in [0.25, 0.3) is 0 Å². The topological polar surface area (TPSA) is 37.4 Å². The molecule has 1 N–H and O–H groups in total. The maximum absolute atomic E-state index is 4.99. The fourth-order valence-corrected chi connectivity index (χ4v) is 2.36. The van der Waals surface area contributed by atoms with Crippen LogP contribution in [0, 0.1) is 0 Å². The van der Waals surface area contributed by atoms with Crippen LogP contribution in [0.2, 0.25) is 0 Å². The summed E-state index contributed by atoms with van der Waals surface area (Å²) in [5.74, 6) is 0.695. The Labute approximate surface area is 127 Å². The molecule has 0 aliphatic rings. The van der Waals surface area contributed by atoms with Gasteiger partial charge in [0, 0.05) is 17.7 Å². The van der Waals surface area contributed by atoms with Gasteiger partial charge in [-0.2, -0.15) is 0 Å². The fourth-order valence-electron chi connectivity index (χ4n) is 2.04. The molecule has 0 saturated heterocycles. The Balaban J connectivity index is 2.32. The van der Waals surface area contributed by atoms with Crippen LogP contribution in [0.5, 0.6) is 0 Å². The molecule has 106 valence electrons. The number of hydrogen-bond acceptors (Lipinski definition) is 4. The van der Waals surface area contributed by atoms with Crippen molar-refractivity contribution in [3.63, 3.8) is 0 Å². The number of rotatable bonds is 5. The van der Waals surface area contributed by atoms with Gasteiger partial charge in [-0.3, -0.25) is 4.84 Å². The van der Waals surface area contributed by atoms with Gasteiger partial charge in [-0.15, -0.1) is 0 Å². The normalized spacial score (nSPS) is 12.0. The Bertz CT molecular complexity index is 562. The Kier molecular flexibility index (Phi) is 4.98. The number of aromatic nitrogens is 1. The third kappa shape index (κ3) is 3.29. The average molecular weight is 336 g/mol. The van der Waals surface area contributed by atoms with E-state index in [0.717, 1.165) is 10.2 Å². The molecule has 0 radical (unpaired) electrons. The van der Waals surface area contributed by atoms with Crippen LogP contribution in [0.4, 0.5) is 11.5 Å². The molecular formula is C15H18BrN3O. The van der Waals surface area contributed by atoms with Crippen LogP contribution in [0.15, 0.2) is 47.1 Å². The second-order valence-corrected chi connectivity index (χ2v) is 5.44. The maximum atomic E-state index is 4.99. The van der Waals surface area contributed by atoms with Crippen molar-refractivity contribution in [3.05, 3.63) is 52.6 Å². The molecule has 1 atom stereocenters. The summed E-state index contributed by atoms with van der Waals surface area (Å²) in [6.45, 7) is 2.16. The van der Waals surface area contributed by atoms with Gasteiger partial charge in [-0.1, -0.05) is 30.3 Å². The first kappa shape index (κ1) is 14.8. The highest BCUT2D eigenvalue weighted by Gasteiger charge is 2.16. The molecule has 5 heteroatoms. The lowest BCUT2D eigenvalue weighted by Gasteiger charge is -2.28. The number of hydrogen-bond donors (Lipinski definition) is 1. The summed E-state index contributed by atoms with van der Waals surface area (Å²) in [6, 6.07) is 12.6. The van der Waals surface area contributed by atoms with E-state index in [0.29, 0.717) is 5.82 Å². The summed E-state index contributed by atoms with van der Waals surface area (Å²) in [7, 11) is 3.62. The third-order valence-corrected chi connectivity index (χ3v) is 3.71. The van der Waals surface area contributed by atoms with Crippen LogP contribution in [-0.4, -0.2) is 19.1 Å². The molecule has 1 heterocycles. The summed E-state index contributed by atoms with van der Waals surface area (Å²) in [6.07, 6.45) is 1.74. The van der Waals surface area contributed by atoms with E-state index in [4.69, 9.17) is 4.84 Å². The molecule has 1 aromatic carbocycles. The number of nitrogens with one attached hydrogen (secondary N) is 1. The number of nitrogens with zero attached hydrogens (tertiary/aromatic N) is 2. The Morgan fingerprint density at radius 2 is 2.00 bits per heavy atom. The highest BCUT2D eigenvalue weighted by molar-refractivity contribution is 9.10. The first-order valence-corrected chi connectivity index (χ1v) is 7.15. The lowest BCUT2D eigenvalue weighted by atomic mass is 10.1. The van der Waals surface area contributed by atoms with E-state index >= 15 is 0 Å². The first-order chi connectivity index (χ1) is 9.63. The molecule has 0 fully saturated rings.